The fraction of sp³-hybridized carbons (Fsp3) is 0.562. The molecule has 1 aliphatic rings. The van der Waals surface area contributed by atoms with Crippen LogP contribution in [-0.4, -0.2) is 18.9 Å². The molecule has 1 aromatic carbocycles. The van der Waals surface area contributed by atoms with E-state index in [1.807, 2.05) is 18.2 Å². The van der Waals surface area contributed by atoms with E-state index in [0.29, 0.717) is 18.9 Å². The molecule has 1 atom stereocenters. The van der Waals surface area contributed by atoms with E-state index in [-0.39, 0.29) is 11.7 Å². The van der Waals surface area contributed by atoms with E-state index >= 15 is 0 Å². The molecule has 3 nitrogen and oxygen atoms in total. The minimum Gasteiger partial charge on any atom is -0.493 e. The number of nitrogens with two attached hydrogens (primary N) is 1. The molecule has 0 saturated heterocycles. The van der Waals surface area contributed by atoms with Gasteiger partial charge in [0.2, 0.25) is 0 Å². The molecule has 2 rings (SSSR count). The Balaban J connectivity index is 2.03. The van der Waals surface area contributed by atoms with Crippen molar-refractivity contribution in [2.45, 2.75) is 33.1 Å². The van der Waals surface area contributed by atoms with Crippen molar-refractivity contribution in [3.63, 3.8) is 0 Å². The summed E-state index contributed by atoms with van der Waals surface area (Å²) in [6.45, 7) is 5.64. The smallest absolute Gasteiger partial charge is 0.163 e. The van der Waals surface area contributed by atoms with Crippen LogP contribution in [0.25, 0.3) is 0 Å². The highest BCUT2D eigenvalue weighted by molar-refractivity contribution is 5.96. The summed E-state index contributed by atoms with van der Waals surface area (Å²) in [7, 11) is 0. The molecule has 0 saturated carbocycles. The van der Waals surface area contributed by atoms with Crippen LogP contribution in [0.15, 0.2) is 18.2 Å². The Hall–Kier alpha value is -1.35. The molecule has 1 aromatic rings. The quantitative estimate of drug-likeness (QED) is 0.801. The predicted octanol–water partition coefficient (Wildman–Crippen LogP) is 2.82. The largest absolute Gasteiger partial charge is 0.493 e. The van der Waals surface area contributed by atoms with Gasteiger partial charge in [-0.1, -0.05) is 13.8 Å². The van der Waals surface area contributed by atoms with Crippen molar-refractivity contribution in [3.05, 3.63) is 29.3 Å². The van der Waals surface area contributed by atoms with E-state index < -0.39 is 0 Å². The van der Waals surface area contributed by atoms with E-state index in [9.17, 15) is 4.79 Å². The summed E-state index contributed by atoms with van der Waals surface area (Å²) >= 11 is 0. The van der Waals surface area contributed by atoms with Gasteiger partial charge < -0.3 is 10.5 Å². The van der Waals surface area contributed by atoms with Gasteiger partial charge in [0.05, 0.1) is 6.61 Å². The van der Waals surface area contributed by atoms with E-state index in [1.165, 1.54) is 0 Å². The zero-order chi connectivity index (χ0) is 13.8. The topological polar surface area (TPSA) is 52.3 Å². The van der Waals surface area contributed by atoms with Gasteiger partial charge in [0, 0.05) is 18.4 Å². The first-order valence-corrected chi connectivity index (χ1v) is 7.09. The van der Waals surface area contributed by atoms with Gasteiger partial charge in [0.1, 0.15) is 5.75 Å². The summed E-state index contributed by atoms with van der Waals surface area (Å²) in [5, 5.41) is 0. The molecule has 0 fully saturated rings. The highest BCUT2D eigenvalue weighted by Crippen LogP contribution is 2.27. The third-order valence-corrected chi connectivity index (χ3v) is 3.62. The number of fused-ring (bicyclic) bond motifs is 1. The zero-order valence-electron chi connectivity index (χ0n) is 11.8. The summed E-state index contributed by atoms with van der Waals surface area (Å²) in [5.74, 6) is 1.99. The Morgan fingerprint density at radius 3 is 2.89 bits per heavy atom. The third-order valence-electron chi connectivity index (χ3n) is 3.62. The van der Waals surface area contributed by atoms with E-state index in [0.717, 1.165) is 36.3 Å². The summed E-state index contributed by atoms with van der Waals surface area (Å²) in [4.78, 5) is 12.3. The summed E-state index contributed by atoms with van der Waals surface area (Å²) in [6, 6.07) is 5.76. The van der Waals surface area contributed by atoms with Crippen molar-refractivity contribution in [3.8, 4) is 5.75 Å². The molecule has 0 amide bonds. The molecule has 3 heteroatoms. The number of carbonyl (C=O) groups excluding carboxylic acids is 1. The van der Waals surface area contributed by atoms with Gasteiger partial charge in [-0.25, -0.2) is 0 Å². The van der Waals surface area contributed by atoms with Crippen LogP contribution in [0.3, 0.4) is 0 Å². The standard InChI is InChI=1S/C16H23NO2/c1-11(2)7-12(10-17)8-15(18)13-3-4-16-14(9-13)5-6-19-16/h3-4,9,11-12H,5-8,10,17H2,1-2H3. The Morgan fingerprint density at radius 2 is 2.21 bits per heavy atom. The number of hydrogen-bond donors (Lipinski definition) is 1. The predicted molar refractivity (Wildman–Crippen MR) is 76.6 cm³/mol. The van der Waals surface area contributed by atoms with Gasteiger partial charge in [-0.2, -0.15) is 0 Å². The Labute approximate surface area is 115 Å². The molecule has 1 heterocycles. The van der Waals surface area contributed by atoms with Crippen molar-refractivity contribution in [2.75, 3.05) is 13.2 Å². The van der Waals surface area contributed by atoms with E-state index in [2.05, 4.69) is 13.8 Å². The monoisotopic (exact) mass is 261 g/mol. The third kappa shape index (κ3) is 3.57. The van der Waals surface area contributed by atoms with Crippen LogP contribution in [0.2, 0.25) is 0 Å². The first-order chi connectivity index (χ1) is 9.10. The van der Waals surface area contributed by atoms with E-state index in [4.69, 9.17) is 10.5 Å². The summed E-state index contributed by atoms with van der Waals surface area (Å²) in [5.41, 5.74) is 7.71. The molecule has 0 aromatic heterocycles. The number of ketones is 1. The lowest BCUT2D eigenvalue weighted by molar-refractivity contribution is 0.0957. The van der Waals surface area contributed by atoms with Gasteiger partial charge in [0.25, 0.3) is 0 Å². The lowest BCUT2D eigenvalue weighted by Gasteiger charge is -2.16. The first-order valence-electron chi connectivity index (χ1n) is 7.09. The Morgan fingerprint density at radius 1 is 1.42 bits per heavy atom. The van der Waals surface area contributed by atoms with Gasteiger partial charge in [0.15, 0.2) is 5.78 Å². The molecule has 2 N–H and O–H groups in total. The number of hydrogen-bond acceptors (Lipinski definition) is 3. The fourth-order valence-electron chi connectivity index (χ4n) is 2.67. The van der Waals surface area contributed by atoms with Crippen molar-refractivity contribution in [1.82, 2.24) is 0 Å². The average Bonchev–Trinajstić information content (AvgIpc) is 2.84. The summed E-state index contributed by atoms with van der Waals surface area (Å²) < 4.78 is 5.46. The maximum absolute atomic E-state index is 12.3. The second kappa shape index (κ2) is 6.20. The fourth-order valence-corrected chi connectivity index (χ4v) is 2.67. The second-order valence-electron chi connectivity index (χ2n) is 5.78. The van der Waals surface area contributed by atoms with Crippen LogP contribution < -0.4 is 10.5 Å². The first kappa shape index (κ1) is 14.1. The molecular weight excluding hydrogens is 238 g/mol. The van der Waals surface area contributed by atoms with Crippen LogP contribution >= 0.6 is 0 Å². The lowest BCUT2D eigenvalue weighted by atomic mass is 9.90. The van der Waals surface area contributed by atoms with Crippen LogP contribution in [0.1, 0.15) is 42.6 Å². The van der Waals surface area contributed by atoms with Gasteiger partial charge in [-0.05, 0) is 48.6 Å². The molecular formula is C16H23NO2. The normalized spacial score (nSPS) is 15.2. The molecule has 0 spiro atoms. The number of carbonyl (C=O) groups is 1. The minimum absolute atomic E-state index is 0.200. The lowest BCUT2D eigenvalue weighted by Crippen LogP contribution is -2.20. The highest BCUT2D eigenvalue weighted by atomic mass is 16.5. The van der Waals surface area contributed by atoms with Gasteiger partial charge in [-0.3, -0.25) is 4.79 Å². The maximum atomic E-state index is 12.3. The van der Waals surface area contributed by atoms with Crippen LogP contribution in [-0.2, 0) is 6.42 Å². The number of ether oxygens (including phenoxy) is 1. The SMILES string of the molecule is CC(C)CC(CN)CC(=O)c1ccc2c(c1)CCO2. The summed E-state index contributed by atoms with van der Waals surface area (Å²) in [6.07, 6.45) is 2.47. The van der Waals surface area contributed by atoms with Crippen molar-refractivity contribution in [2.24, 2.45) is 17.6 Å². The maximum Gasteiger partial charge on any atom is 0.163 e. The molecule has 19 heavy (non-hydrogen) atoms. The van der Waals surface area contributed by atoms with Gasteiger partial charge in [-0.15, -0.1) is 0 Å². The molecule has 1 aliphatic heterocycles. The molecule has 1 unspecified atom stereocenters. The van der Waals surface area contributed by atoms with Crippen molar-refractivity contribution in [1.29, 1.82) is 0 Å². The van der Waals surface area contributed by atoms with E-state index in [1.54, 1.807) is 0 Å². The van der Waals surface area contributed by atoms with Gasteiger partial charge >= 0.3 is 0 Å². The van der Waals surface area contributed by atoms with Crippen LogP contribution in [0.5, 0.6) is 5.75 Å². The molecule has 104 valence electrons. The molecule has 0 bridgehead atoms. The Kier molecular flexibility index (Phi) is 4.59. The van der Waals surface area contributed by atoms with Crippen LogP contribution in [0.4, 0.5) is 0 Å². The average molecular weight is 261 g/mol. The zero-order valence-corrected chi connectivity index (χ0v) is 11.8. The number of rotatable bonds is 6. The van der Waals surface area contributed by atoms with Crippen LogP contribution in [0, 0.1) is 11.8 Å². The minimum atomic E-state index is 0.200. The highest BCUT2D eigenvalue weighted by Gasteiger charge is 2.18. The number of benzene rings is 1. The van der Waals surface area contributed by atoms with Crippen molar-refractivity contribution >= 4 is 5.78 Å². The molecule has 0 radical (unpaired) electrons. The second-order valence-corrected chi connectivity index (χ2v) is 5.78. The Bertz CT molecular complexity index is 454. The molecule has 0 aliphatic carbocycles. The number of Topliss-reactive ketones (excluding diaryl/α,β-unsaturated/α-hetero) is 1. The van der Waals surface area contributed by atoms with Crippen molar-refractivity contribution < 1.29 is 9.53 Å².